The van der Waals surface area contributed by atoms with Gasteiger partial charge in [-0.05, 0) is 45.1 Å². The second-order valence-corrected chi connectivity index (χ2v) is 5.98. The minimum absolute atomic E-state index is 0. The summed E-state index contributed by atoms with van der Waals surface area (Å²) >= 11 is 0. The van der Waals surface area contributed by atoms with Crippen molar-refractivity contribution in [2.75, 3.05) is 13.1 Å². The molecule has 2 N–H and O–H groups in total. The monoisotopic (exact) mass is 328 g/mol. The van der Waals surface area contributed by atoms with Crippen LogP contribution >= 0.6 is 12.4 Å². The Kier molecular flexibility index (Phi) is 7.27. The summed E-state index contributed by atoms with van der Waals surface area (Å²) < 4.78 is 38.1. The summed E-state index contributed by atoms with van der Waals surface area (Å²) in [6, 6.07) is 0.449. The molecule has 124 valence electrons. The van der Waals surface area contributed by atoms with Crippen molar-refractivity contribution < 1.29 is 18.0 Å². The van der Waals surface area contributed by atoms with E-state index in [0.717, 1.165) is 25.8 Å². The van der Waals surface area contributed by atoms with Crippen LogP contribution in [0, 0.1) is 11.8 Å². The van der Waals surface area contributed by atoms with E-state index in [2.05, 4.69) is 10.6 Å². The standard InChI is InChI=1S/C14H23F3N2O.ClH/c15-14(16,17)11-4-1-3-10(9-11)13(20)19-8-6-12-5-2-7-18-12;/h10-12,18H,1-9H2,(H,19,20);1H/t10?,11?,12-;/m1./s1. The first-order valence-corrected chi connectivity index (χ1v) is 7.54. The van der Waals surface area contributed by atoms with Crippen LogP contribution in [-0.2, 0) is 4.79 Å². The number of amides is 1. The van der Waals surface area contributed by atoms with Gasteiger partial charge in [-0.1, -0.05) is 6.42 Å². The Bertz CT molecular complexity index is 333. The van der Waals surface area contributed by atoms with Gasteiger partial charge in [-0.15, -0.1) is 12.4 Å². The summed E-state index contributed by atoms with van der Waals surface area (Å²) in [5.74, 6) is -1.97. The van der Waals surface area contributed by atoms with Crippen molar-refractivity contribution in [1.29, 1.82) is 0 Å². The van der Waals surface area contributed by atoms with Crippen LogP contribution in [0.1, 0.15) is 44.9 Å². The lowest BCUT2D eigenvalue weighted by Gasteiger charge is -2.29. The van der Waals surface area contributed by atoms with Gasteiger partial charge in [-0.2, -0.15) is 13.2 Å². The van der Waals surface area contributed by atoms with E-state index >= 15 is 0 Å². The summed E-state index contributed by atoms with van der Waals surface area (Å²) in [6.07, 6.45) is 0.181. The summed E-state index contributed by atoms with van der Waals surface area (Å²) in [7, 11) is 0. The predicted molar refractivity (Wildman–Crippen MR) is 77.4 cm³/mol. The van der Waals surface area contributed by atoms with Gasteiger partial charge in [-0.25, -0.2) is 0 Å². The zero-order chi connectivity index (χ0) is 14.6. The number of nitrogens with one attached hydrogen (secondary N) is 2. The summed E-state index contributed by atoms with van der Waals surface area (Å²) in [4.78, 5) is 11.9. The van der Waals surface area contributed by atoms with Crippen LogP contribution in [0.5, 0.6) is 0 Å². The molecule has 0 bridgehead atoms. The van der Waals surface area contributed by atoms with Crippen molar-refractivity contribution in [2.24, 2.45) is 11.8 Å². The van der Waals surface area contributed by atoms with Crippen molar-refractivity contribution in [3.8, 4) is 0 Å². The Morgan fingerprint density at radius 1 is 1.19 bits per heavy atom. The molecule has 1 heterocycles. The van der Waals surface area contributed by atoms with Crippen LogP contribution < -0.4 is 10.6 Å². The fourth-order valence-corrected chi connectivity index (χ4v) is 3.24. The Balaban J connectivity index is 0.00000220. The lowest BCUT2D eigenvalue weighted by Crippen LogP contribution is -2.38. The van der Waals surface area contributed by atoms with Gasteiger partial charge in [0, 0.05) is 18.5 Å². The Hall–Kier alpha value is -0.490. The van der Waals surface area contributed by atoms with E-state index in [1.54, 1.807) is 0 Å². The minimum atomic E-state index is -4.16. The molecular weight excluding hydrogens is 305 g/mol. The van der Waals surface area contributed by atoms with Gasteiger partial charge < -0.3 is 10.6 Å². The third-order valence-electron chi connectivity index (χ3n) is 4.46. The SMILES string of the molecule is Cl.O=C(NCC[C@H]1CCCN1)C1CCCC(C(F)(F)F)C1. The third-order valence-corrected chi connectivity index (χ3v) is 4.46. The Morgan fingerprint density at radius 3 is 2.57 bits per heavy atom. The first-order chi connectivity index (χ1) is 9.47. The van der Waals surface area contributed by atoms with E-state index in [1.165, 1.54) is 0 Å². The molecule has 0 radical (unpaired) electrons. The maximum atomic E-state index is 12.7. The van der Waals surface area contributed by atoms with Crippen molar-refractivity contribution in [3.63, 3.8) is 0 Å². The number of rotatable bonds is 4. The summed E-state index contributed by atoms with van der Waals surface area (Å²) in [5, 5.41) is 6.14. The van der Waals surface area contributed by atoms with Crippen molar-refractivity contribution in [3.05, 3.63) is 0 Å². The molecule has 0 spiro atoms. The quantitative estimate of drug-likeness (QED) is 0.833. The zero-order valence-corrected chi connectivity index (χ0v) is 12.9. The number of carbonyl (C=O) groups excluding carboxylic acids is 1. The predicted octanol–water partition coefficient (Wildman–Crippen LogP) is 3.04. The fourth-order valence-electron chi connectivity index (χ4n) is 3.24. The average Bonchev–Trinajstić information content (AvgIpc) is 2.91. The second kappa shape index (κ2) is 8.22. The highest BCUT2D eigenvalue weighted by atomic mass is 35.5. The molecule has 0 aromatic rings. The Morgan fingerprint density at radius 2 is 1.95 bits per heavy atom. The molecule has 0 aromatic carbocycles. The van der Waals surface area contributed by atoms with Gasteiger partial charge >= 0.3 is 6.18 Å². The lowest BCUT2D eigenvalue weighted by molar-refractivity contribution is -0.186. The Labute approximate surface area is 129 Å². The zero-order valence-electron chi connectivity index (χ0n) is 12.0. The van der Waals surface area contributed by atoms with Crippen LogP contribution in [-0.4, -0.2) is 31.2 Å². The van der Waals surface area contributed by atoms with Crippen molar-refractivity contribution in [2.45, 2.75) is 57.2 Å². The van der Waals surface area contributed by atoms with Gasteiger partial charge in [0.05, 0.1) is 5.92 Å². The third kappa shape index (κ3) is 5.66. The maximum absolute atomic E-state index is 12.7. The topological polar surface area (TPSA) is 41.1 Å². The molecule has 2 fully saturated rings. The maximum Gasteiger partial charge on any atom is 0.391 e. The normalized spacial score (nSPS) is 29.8. The van der Waals surface area contributed by atoms with Crippen molar-refractivity contribution in [1.82, 2.24) is 10.6 Å². The van der Waals surface area contributed by atoms with Crippen LogP contribution in [0.2, 0.25) is 0 Å². The first-order valence-electron chi connectivity index (χ1n) is 7.54. The number of halogens is 4. The van der Waals surface area contributed by atoms with Gasteiger partial charge in [-0.3, -0.25) is 4.79 Å². The second-order valence-electron chi connectivity index (χ2n) is 5.98. The highest BCUT2D eigenvalue weighted by Gasteiger charge is 2.43. The highest BCUT2D eigenvalue weighted by molar-refractivity contribution is 5.85. The lowest BCUT2D eigenvalue weighted by atomic mass is 9.80. The molecule has 21 heavy (non-hydrogen) atoms. The molecule has 3 atom stereocenters. The van der Waals surface area contributed by atoms with E-state index in [-0.39, 0.29) is 31.2 Å². The number of alkyl halides is 3. The van der Waals surface area contributed by atoms with Gasteiger partial charge in [0.25, 0.3) is 0 Å². The molecule has 0 aromatic heterocycles. The fraction of sp³-hybridized carbons (Fsp3) is 0.929. The molecule has 7 heteroatoms. The molecule has 2 aliphatic rings. The van der Waals surface area contributed by atoms with Gasteiger partial charge in [0.15, 0.2) is 0 Å². The van der Waals surface area contributed by atoms with E-state index in [0.29, 0.717) is 25.4 Å². The smallest absolute Gasteiger partial charge is 0.356 e. The van der Waals surface area contributed by atoms with Gasteiger partial charge in [0.1, 0.15) is 0 Å². The minimum Gasteiger partial charge on any atom is -0.356 e. The van der Waals surface area contributed by atoms with E-state index in [1.807, 2.05) is 0 Å². The molecule has 1 saturated heterocycles. The van der Waals surface area contributed by atoms with E-state index in [4.69, 9.17) is 0 Å². The van der Waals surface area contributed by atoms with Gasteiger partial charge in [0.2, 0.25) is 5.91 Å². The van der Waals surface area contributed by atoms with Crippen LogP contribution in [0.3, 0.4) is 0 Å². The molecule has 2 rings (SSSR count). The van der Waals surface area contributed by atoms with E-state index < -0.39 is 18.0 Å². The molecule has 1 saturated carbocycles. The molecule has 1 aliphatic carbocycles. The number of carbonyl (C=O) groups is 1. The van der Waals surface area contributed by atoms with Crippen molar-refractivity contribution >= 4 is 18.3 Å². The molecule has 1 aliphatic heterocycles. The molecule has 2 unspecified atom stereocenters. The first kappa shape index (κ1) is 18.6. The largest absolute Gasteiger partial charge is 0.391 e. The highest BCUT2D eigenvalue weighted by Crippen LogP contribution is 2.39. The van der Waals surface area contributed by atoms with Crippen LogP contribution in [0.4, 0.5) is 13.2 Å². The summed E-state index contributed by atoms with van der Waals surface area (Å²) in [5.41, 5.74) is 0. The summed E-state index contributed by atoms with van der Waals surface area (Å²) in [6.45, 7) is 1.58. The molecular formula is C14H24ClF3N2O. The number of hydrogen-bond donors (Lipinski definition) is 2. The molecule has 1 amide bonds. The number of hydrogen-bond acceptors (Lipinski definition) is 2. The average molecular weight is 329 g/mol. The van der Waals surface area contributed by atoms with Crippen LogP contribution in [0.15, 0.2) is 0 Å². The van der Waals surface area contributed by atoms with Crippen LogP contribution in [0.25, 0.3) is 0 Å². The van der Waals surface area contributed by atoms with E-state index in [9.17, 15) is 18.0 Å². The molecule has 3 nitrogen and oxygen atoms in total.